The first-order chi connectivity index (χ1) is 11.6. The predicted octanol–water partition coefficient (Wildman–Crippen LogP) is 5.28. The van der Waals surface area contributed by atoms with Crippen molar-refractivity contribution in [3.63, 3.8) is 0 Å². The van der Waals surface area contributed by atoms with Crippen molar-refractivity contribution in [2.75, 3.05) is 6.61 Å². The summed E-state index contributed by atoms with van der Waals surface area (Å²) in [6.07, 6.45) is 11.6. The van der Waals surface area contributed by atoms with Crippen LogP contribution in [0.25, 0.3) is 0 Å². The van der Waals surface area contributed by atoms with E-state index in [1.165, 1.54) is 37.3 Å². The van der Waals surface area contributed by atoms with Crippen LogP contribution in [0.5, 0.6) is 0 Å². The number of rotatable bonds is 7. The van der Waals surface area contributed by atoms with Gasteiger partial charge >= 0.3 is 5.97 Å². The molecule has 0 amide bonds. The smallest absolute Gasteiger partial charge is 0.302 e. The summed E-state index contributed by atoms with van der Waals surface area (Å²) in [5, 5.41) is 10.3. The largest absolute Gasteiger partial charge is 0.462 e. The maximum Gasteiger partial charge on any atom is 0.302 e. The van der Waals surface area contributed by atoms with Gasteiger partial charge in [-0.05, 0) is 63.5 Å². The average molecular weight is 347 g/mol. The lowest BCUT2D eigenvalue weighted by molar-refractivity contribution is -0.139. The molecule has 140 valence electrons. The molecule has 0 bridgehead atoms. The van der Waals surface area contributed by atoms with Gasteiger partial charge < -0.3 is 9.84 Å². The van der Waals surface area contributed by atoms with Gasteiger partial charge in [-0.1, -0.05) is 48.8 Å². The molecule has 1 aliphatic carbocycles. The van der Waals surface area contributed by atoms with Crippen molar-refractivity contribution < 1.29 is 14.6 Å². The molecule has 1 N–H and O–H groups in total. The van der Waals surface area contributed by atoms with E-state index in [4.69, 9.17) is 4.74 Å². The molecule has 0 radical (unpaired) electrons. The standard InChI is InChI=1S/C22H34O3/c1-16(13-15-25-19(4)23)9-12-21(24)18(3)10-11-20-17(2)8-7-14-22(20,5)6/h9-10,12-13,21,24H,7-8,11,14-15H2,1-6H3/b12-9-,16-13-,18-10+. The van der Waals surface area contributed by atoms with Crippen LogP contribution in [0.3, 0.4) is 0 Å². The lowest BCUT2D eigenvalue weighted by Crippen LogP contribution is -2.20. The molecule has 3 nitrogen and oxygen atoms in total. The SMILES string of the molecule is CC(=O)OC/C=C(C)\C=C/C(O)/C(C)=C/CC1=C(C)CCCC1(C)C. The van der Waals surface area contributed by atoms with Crippen molar-refractivity contribution >= 4 is 5.97 Å². The Bertz CT molecular complexity index is 588. The van der Waals surface area contributed by atoms with Crippen molar-refractivity contribution in [3.8, 4) is 0 Å². The van der Waals surface area contributed by atoms with Gasteiger partial charge in [-0.3, -0.25) is 4.79 Å². The fourth-order valence-electron chi connectivity index (χ4n) is 3.26. The van der Waals surface area contributed by atoms with Crippen LogP contribution >= 0.6 is 0 Å². The zero-order valence-corrected chi connectivity index (χ0v) is 16.7. The highest BCUT2D eigenvalue weighted by Crippen LogP contribution is 2.42. The molecule has 0 aliphatic heterocycles. The second-order valence-corrected chi connectivity index (χ2v) is 7.70. The molecule has 0 heterocycles. The van der Waals surface area contributed by atoms with E-state index in [9.17, 15) is 9.90 Å². The van der Waals surface area contributed by atoms with Gasteiger partial charge in [0.2, 0.25) is 0 Å². The molecule has 1 aliphatic rings. The number of carbonyl (C=O) groups excluding carboxylic acids is 1. The lowest BCUT2D eigenvalue weighted by atomic mass is 9.71. The molecule has 0 saturated heterocycles. The van der Waals surface area contributed by atoms with E-state index in [0.29, 0.717) is 0 Å². The molecule has 0 fully saturated rings. The Morgan fingerprint density at radius 3 is 2.56 bits per heavy atom. The summed E-state index contributed by atoms with van der Waals surface area (Å²) in [7, 11) is 0. The third-order valence-corrected chi connectivity index (χ3v) is 5.01. The minimum atomic E-state index is -0.593. The Morgan fingerprint density at radius 1 is 1.28 bits per heavy atom. The van der Waals surface area contributed by atoms with E-state index >= 15 is 0 Å². The fourth-order valence-corrected chi connectivity index (χ4v) is 3.26. The Morgan fingerprint density at radius 2 is 1.96 bits per heavy atom. The molecule has 0 spiro atoms. The number of carbonyl (C=O) groups is 1. The molecular weight excluding hydrogens is 312 g/mol. The molecule has 1 atom stereocenters. The summed E-state index contributed by atoms with van der Waals surface area (Å²) in [5.74, 6) is -0.290. The van der Waals surface area contributed by atoms with Gasteiger partial charge in [-0.2, -0.15) is 0 Å². The number of hydrogen-bond acceptors (Lipinski definition) is 3. The third kappa shape index (κ3) is 7.43. The van der Waals surface area contributed by atoms with Gasteiger partial charge in [-0.25, -0.2) is 0 Å². The van der Waals surface area contributed by atoms with Crippen LogP contribution in [0.1, 0.15) is 67.2 Å². The predicted molar refractivity (Wildman–Crippen MR) is 104 cm³/mol. The van der Waals surface area contributed by atoms with Crippen molar-refractivity contribution in [2.45, 2.75) is 73.3 Å². The van der Waals surface area contributed by atoms with E-state index in [2.05, 4.69) is 26.8 Å². The Balaban J connectivity index is 2.66. The number of ether oxygens (including phenoxy) is 1. The highest BCUT2D eigenvalue weighted by Gasteiger charge is 2.27. The summed E-state index contributed by atoms with van der Waals surface area (Å²) in [4.78, 5) is 10.7. The van der Waals surface area contributed by atoms with E-state index in [1.54, 1.807) is 6.08 Å². The molecule has 3 heteroatoms. The maximum atomic E-state index is 10.7. The summed E-state index contributed by atoms with van der Waals surface area (Å²) >= 11 is 0. The topological polar surface area (TPSA) is 46.5 Å². The van der Waals surface area contributed by atoms with E-state index < -0.39 is 6.10 Å². The highest BCUT2D eigenvalue weighted by atomic mass is 16.5. The summed E-state index contributed by atoms with van der Waals surface area (Å²) in [5.41, 5.74) is 5.21. The molecule has 0 saturated carbocycles. The molecule has 0 aromatic rings. The second kappa shape index (κ2) is 9.76. The minimum absolute atomic E-state index is 0.260. The monoisotopic (exact) mass is 346 g/mol. The Labute approximate surface area is 153 Å². The second-order valence-electron chi connectivity index (χ2n) is 7.70. The van der Waals surface area contributed by atoms with Crippen molar-refractivity contribution in [2.24, 2.45) is 5.41 Å². The fraction of sp³-hybridized carbons (Fsp3) is 0.591. The van der Waals surface area contributed by atoms with Gasteiger partial charge in [0.05, 0.1) is 6.10 Å². The van der Waals surface area contributed by atoms with E-state index in [-0.39, 0.29) is 18.0 Å². The minimum Gasteiger partial charge on any atom is -0.462 e. The molecular formula is C22H34O3. The maximum absolute atomic E-state index is 10.7. The van der Waals surface area contributed by atoms with Crippen molar-refractivity contribution in [3.05, 3.63) is 46.6 Å². The van der Waals surface area contributed by atoms with Crippen molar-refractivity contribution in [1.29, 1.82) is 0 Å². The number of allylic oxidation sites excluding steroid dienone is 5. The van der Waals surface area contributed by atoms with Gasteiger partial charge in [0.1, 0.15) is 6.61 Å². The van der Waals surface area contributed by atoms with Crippen LogP contribution in [0.2, 0.25) is 0 Å². The van der Waals surface area contributed by atoms with Crippen LogP contribution < -0.4 is 0 Å². The number of aliphatic hydroxyl groups excluding tert-OH is 1. The highest BCUT2D eigenvalue weighted by molar-refractivity contribution is 5.66. The summed E-state index contributed by atoms with van der Waals surface area (Å²) in [6.45, 7) is 12.4. The van der Waals surface area contributed by atoms with Crippen LogP contribution in [-0.2, 0) is 9.53 Å². The van der Waals surface area contributed by atoms with Crippen molar-refractivity contribution in [1.82, 2.24) is 0 Å². The molecule has 1 unspecified atom stereocenters. The molecule has 25 heavy (non-hydrogen) atoms. The van der Waals surface area contributed by atoms with Gasteiger partial charge in [0.25, 0.3) is 0 Å². The first-order valence-corrected chi connectivity index (χ1v) is 9.15. The average Bonchev–Trinajstić information content (AvgIpc) is 2.50. The normalized spacial score (nSPS) is 20.1. The third-order valence-electron chi connectivity index (χ3n) is 5.01. The van der Waals surface area contributed by atoms with Crippen LogP contribution in [-0.4, -0.2) is 23.8 Å². The lowest BCUT2D eigenvalue weighted by Gasteiger charge is -2.34. The quantitative estimate of drug-likeness (QED) is 0.388. The first-order valence-electron chi connectivity index (χ1n) is 9.15. The van der Waals surface area contributed by atoms with Crippen LogP contribution in [0.4, 0.5) is 0 Å². The number of aliphatic hydroxyl groups is 1. The van der Waals surface area contributed by atoms with E-state index in [0.717, 1.165) is 17.6 Å². The number of esters is 1. The van der Waals surface area contributed by atoms with Gasteiger partial charge in [0.15, 0.2) is 0 Å². The Hall–Kier alpha value is -1.61. The zero-order valence-electron chi connectivity index (χ0n) is 16.7. The molecule has 0 aromatic heterocycles. The van der Waals surface area contributed by atoms with Gasteiger partial charge in [0, 0.05) is 6.92 Å². The van der Waals surface area contributed by atoms with Crippen LogP contribution in [0, 0.1) is 5.41 Å². The summed E-state index contributed by atoms with van der Waals surface area (Å²) in [6, 6.07) is 0. The first kappa shape index (κ1) is 21.4. The van der Waals surface area contributed by atoms with Crippen LogP contribution in [0.15, 0.2) is 46.6 Å². The summed E-state index contributed by atoms with van der Waals surface area (Å²) < 4.78 is 4.87. The molecule has 0 aromatic carbocycles. The zero-order chi connectivity index (χ0) is 19.0. The number of hydrogen-bond donors (Lipinski definition) is 1. The molecule has 1 rings (SSSR count). The van der Waals surface area contributed by atoms with Gasteiger partial charge in [-0.15, -0.1) is 0 Å². The Kier molecular flexibility index (Phi) is 8.37. The van der Waals surface area contributed by atoms with E-state index in [1.807, 2.05) is 26.0 Å².